The highest BCUT2D eigenvalue weighted by Crippen LogP contribution is 2.30. The maximum atomic E-state index is 13.3. The number of carbonyl (C=O) groups is 2. The molecule has 2 aromatic heterocycles. The fraction of sp³-hybridized carbons (Fsp3) is 0.423. The van der Waals surface area contributed by atoms with Crippen LogP contribution in [0.2, 0.25) is 0 Å². The number of amides is 2. The smallest absolute Gasteiger partial charge is 0.328 e. The molecular weight excluding hydrogens is 490 g/mol. The normalized spacial score (nSPS) is 18.5. The number of aldehydes is 1. The quantitative estimate of drug-likeness (QED) is 0.446. The van der Waals surface area contributed by atoms with Crippen LogP contribution in [0.5, 0.6) is 0 Å². The molecule has 3 aliphatic heterocycles. The first-order valence-electron chi connectivity index (χ1n) is 12.4. The number of hydrogen-bond donors (Lipinski definition) is 1. The summed E-state index contributed by atoms with van der Waals surface area (Å²) in [6.07, 6.45) is 4.44. The molecule has 2 fully saturated rings. The molecule has 196 valence electrons. The standard InChI is InChI=1S/C26H27N7O5/c1-37-20-4-6-31(14-20)22-10-23(28-12-19(22)11-27)30-26(36)33-5-2-3-17-9-18(21(15-34)29-25(17)33)13-32-7-8-38-24(32)16-35/h9-10,12,15,20H,2-8,13-14H2,1H3,(H,28,30,36)/t20-/m1/s1. The van der Waals surface area contributed by atoms with Gasteiger partial charge in [0.05, 0.1) is 23.9 Å². The molecule has 2 amide bonds. The summed E-state index contributed by atoms with van der Waals surface area (Å²) < 4.78 is 10.7. The lowest BCUT2D eigenvalue weighted by Gasteiger charge is -2.29. The summed E-state index contributed by atoms with van der Waals surface area (Å²) in [7, 11) is 1.67. The van der Waals surface area contributed by atoms with Gasteiger partial charge in [-0.3, -0.25) is 15.0 Å². The summed E-state index contributed by atoms with van der Waals surface area (Å²) in [5, 5.41) is 12.4. The van der Waals surface area contributed by atoms with Crippen molar-refractivity contribution in [1.82, 2.24) is 14.9 Å². The van der Waals surface area contributed by atoms with E-state index in [0.29, 0.717) is 73.8 Å². The van der Waals surface area contributed by atoms with E-state index < -0.39 is 6.03 Å². The van der Waals surface area contributed by atoms with Crippen LogP contribution in [-0.4, -0.2) is 79.1 Å². The highest BCUT2D eigenvalue weighted by Gasteiger charge is 2.29. The molecule has 0 saturated carbocycles. The van der Waals surface area contributed by atoms with E-state index in [1.807, 2.05) is 6.07 Å². The van der Waals surface area contributed by atoms with E-state index >= 15 is 0 Å². The fourth-order valence-electron chi connectivity index (χ4n) is 5.06. The number of pyridine rings is 2. The molecule has 0 aromatic carbocycles. The van der Waals surface area contributed by atoms with Crippen molar-refractivity contribution in [2.75, 3.05) is 55.0 Å². The maximum Gasteiger partial charge on any atom is 0.328 e. The monoisotopic (exact) mass is 517 g/mol. The van der Waals surface area contributed by atoms with Crippen molar-refractivity contribution in [1.29, 1.82) is 5.26 Å². The first-order valence-corrected chi connectivity index (χ1v) is 12.4. The molecule has 0 spiro atoms. The summed E-state index contributed by atoms with van der Waals surface area (Å²) in [5.41, 5.74) is 2.79. The van der Waals surface area contributed by atoms with Crippen molar-refractivity contribution in [3.63, 3.8) is 0 Å². The lowest BCUT2D eigenvalue weighted by molar-refractivity contribution is 0.111. The summed E-state index contributed by atoms with van der Waals surface area (Å²) in [4.78, 5) is 50.4. The number of methoxy groups -OCH3 is 1. The molecule has 0 unspecified atom stereocenters. The number of nitriles is 1. The van der Waals surface area contributed by atoms with Gasteiger partial charge in [-0.2, -0.15) is 5.26 Å². The number of urea groups is 1. The summed E-state index contributed by atoms with van der Waals surface area (Å²) in [6.45, 7) is 2.98. The third kappa shape index (κ3) is 4.89. The van der Waals surface area contributed by atoms with E-state index in [1.165, 1.54) is 11.1 Å². The van der Waals surface area contributed by atoms with E-state index in [0.717, 1.165) is 18.5 Å². The van der Waals surface area contributed by atoms with Crippen LogP contribution in [0.25, 0.3) is 0 Å². The number of nitrogens with zero attached hydrogens (tertiary/aromatic N) is 6. The van der Waals surface area contributed by atoms with E-state index in [2.05, 4.69) is 26.3 Å². The Labute approximate surface area is 219 Å². The predicted octanol–water partition coefficient (Wildman–Crippen LogP) is 1.88. The van der Waals surface area contributed by atoms with Crippen molar-refractivity contribution in [3.8, 4) is 6.07 Å². The second-order valence-electron chi connectivity index (χ2n) is 9.29. The number of aromatic nitrogens is 2. The Bertz CT molecular complexity index is 1350. The third-order valence-corrected chi connectivity index (χ3v) is 7.02. The van der Waals surface area contributed by atoms with Crippen molar-refractivity contribution >= 4 is 35.6 Å². The van der Waals surface area contributed by atoms with Crippen LogP contribution in [0.4, 0.5) is 22.1 Å². The van der Waals surface area contributed by atoms with Crippen molar-refractivity contribution in [2.24, 2.45) is 0 Å². The third-order valence-electron chi connectivity index (χ3n) is 7.02. The van der Waals surface area contributed by atoms with E-state index in [4.69, 9.17) is 9.47 Å². The topological polar surface area (TPSA) is 141 Å². The van der Waals surface area contributed by atoms with Crippen molar-refractivity contribution in [3.05, 3.63) is 46.6 Å². The molecule has 0 bridgehead atoms. The summed E-state index contributed by atoms with van der Waals surface area (Å²) in [6, 6.07) is 5.30. The molecule has 3 aliphatic rings. The number of anilines is 3. The fourth-order valence-corrected chi connectivity index (χ4v) is 5.06. The Hall–Kier alpha value is -4.46. The molecular formula is C26H27N7O5. The largest absolute Gasteiger partial charge is 0.469 e. The average Bonchev–Trinajstić information content (AvgIpc) is 3.61. The number of carbonyl (C=O) groups excluding carboxylic acids is 3. The summed E-state index contributed by atoms with van der Waals surface area (Å²) in [5.74, 6) is 2.62. The van der Waals surface area contributed by atoms with Gasteiger partial charge in [0.15, 0.2) is 12.2 Å². The average molecular weight is 518 g/mol. The van der Waals surface area contributed by atoms with E-state index in [9.17, 15) is 19.6 Å². The molecule has 38 heavy (non-hydrogen) atoms. The zero-order chi connectivity index (χ0) is 26.6. The van der Waals surface area contributed by atoms with Gasteiger partial charge in [0.25, 0.3) is 5.88 Å². The zero-order valence-corrected chi connectivity index (χ0v) is 21.0. The lowest BCUT2D eigenvalue weighted by Crippen LogP contribution is -2.40. The number of aryl methyl sites for hydroxylation is 1. The van der Waals surface area contributed by atoms with Gasteiger partial charge >= 0.3 is 6.03 Å². The molecule has 0 aliphatic carbocycles. The molecule has 12 heteroatoms. The molecule has 12 nitrogen and oxygen atoms in total. The number of hydrogen-bond acceptors (Lipinski definition) is 10. The molecule has 2 saturated heterocycles. The van der Waals surface area contributed by atoms with Crippen molar-refractivity contribution < 1.29 is 23.9 Å². The van der Waals surface area contributed by atoms with Crippen LogP contribution in [0.1, 0.15) is 40.0 Å². The van der Waals surface area contributed by atoms with Gasteiger partial charge < -0.3 is 19.3 Å². The molecule has 5 rings (SSSR count). The highest BCUT2D eigenvalue weighted by atomic mass is 16.5. The SMILES string of the molecule is CO[C@@H]1CCN(c2cc(NC(=O)N3CCCc4cc(CN5CCOC5=C=O)c(C=O)nc43)ncc2C#N)C1. The predicted molar refractivity (Wildman–Crippen MR) is 136 cm³/mol. The van der Waals surface area contributed by atoms with Crippen molar-refractivity contribution in [2.45, 2.75) is 31.9 Å². The van der Waals surface area contributed by atoms with Gasteiger partial charge in [0.2, 0.25) is 0 Å². The van der Waals surface area contributed by atoms with Gasteiger partial charge in [0.1, 0.15) is 30.0 Å². The maximum absolute atomic E-state index is 13.3. The van der Waals surface area contributed by atoms with E-state index in [-0.39, 0.29) is 24.2 Å². The van der Waals surface area contributed by atoms with Crippen LogP contribution in [-0.2, 0) is 27.2 Å². The second-order valence-corrected chi connectivity index (χ2v) is 9.29. The Morgan fingerprint density at radius 1 is 1.34 bits per heavy atom. The minimum atomic E-state index is -0.429. The van der Waals surface area contributed by atoms with Gasteiger partial charge in [-0.15, -0.1) is 0 Å². The highest BCUT2D eigenvalue weighted by molar-refractivity contribution is 6.02. The first-order chi connectivity index (χ1) is 18.5. The number of nitrogens with one attached hydrogen (secondary N) is 1. The van der Waals surface area contributed by atoms with Gasteiger partial charge in [0, 0.05) is 51.1 Å². The number of rotatable bonds is 6. The van der Waals surface area contributed by atoms with Crippen LogP contribution in [0.3, 0.4) is 0 Å². The van der Waals surface area contributed by atoms with Crippen LogP contribution in [0, 0.1) is 11.3 Å². The number of fused-ring (bicyclic) bond motifs is 1. The molecule has 1 atom stereocenters. The van der Waals surface area contributed by atoms with E-state index in [1.54, 1.807) is 24.0 Å². The van der Waals surface area contributed by atoms with Gasteiger partial charge in [-0.25, -0.2) is 19.6 Å². The summed E-state index contributed by atoms with van der Waals surface area (Å²) >= 11 is 0. The Balaban J connectivity index is 1.37. The molecule has 0 radical (unpaired) electrons. The number of ether oxygens (including phenoxy) is 2. The van der Waals surface area contributed by atoms with Crippen LogP contribution >= 0.6 is 0 Å². The lowest BCUT2D eigenvalue weighted by atomic mass is 10.0. The van der Waals surface area contributed by atoms with Crippen LogP contribution < -0.4 is 15.1 Å². The minimum absolute atomic E-state index is 0.0830. The Kier molecular flexibility index (Phi) is 7.22. The second kappa shape index (κ2) is 10.9. The first kappa shape index (κ1) is 25.2. The van der Waals surface area contributed by atoms with Gasteiger partial charge in [-0.05, 0) is 30.9 Å². The zero-order valence-electron chi connectivity index (χ0n) is 21.0. The Morgan fingerprint density at radius 3 is 2.95 bits per heavy atom. The molecule has 1 N–H and O–H groups in total. The minimum Gasteiger partial charge on any atom is -0.469 e. The van der Waals surface area contributed by atoms with Crippen LogP contribution in [0.15, 0.2) is 24.2 Å². The van der Waals surface area contributed by atoms with Gasteiger partial charge in [-0.1, -0.05) is 0 Å². The molecule has 2 aromatic rings. The molecule has 5 heterocycles. The Morgan fingerprint density at radius 2 is 2.21 bits per heavy atom.